The number of benzene rings is 2. The van der Waals surface area contributed by atoms with E-state index in [0.29, 0.717) is 5.69 Å². The minimum atomic E-state index is -0.339. The molecule has 7 heteroatoms. The molecule has 2 saturated heterocycles. The summed E-state index contributed by atoms with van der Waals surface area (Å²) in [5.74, 6) is -0.0452. The SMILES string of the molecule is Cc1ccc2nc(-c3ccc(N4C(=O)C[C@@H]([NH+]5CCC[C@H](CO)C5)C4=O)cc3)sc2c1. The zero-order valence-electron chi connectivity index (χ0n) is 17.5. The number of imide groups is 1. The lowest BCUT2D eigenvalue weighted by Gasteiger charge is -2.31. The Balaban J connectivity index is 1.36. The first-order chi connectivity index (χ1) is 15.0. The Morgan fingerprint density at radius 2 is 2.00 bits per heavy atom. The number of quaternary nitrogens is 1. The second-order valence-corrected chi connectivity index (χ2v) is 9.70. The number of hydrogen-bond acceptors (Lipinski definition) is 5. The Morgan fingerprint density at radius 3 is 2.77 bits per heavy atom. The van der Waals surface area contributed by atoms with Crippen LogP contribution in [0.3, 0.4) is 0 Å². The summed E-state index contributed by atoms with van der Waals surface area (Å²) in [5, 5.41) is 10.4. The topological polar surface area (TPSA) is 74.9 Å². The zero-order chi connectivity index (χ0) is 21.5. The predicted octanol–water partition coefficient (Wildman–Crippen LogP) is 2.19. The van der Waals surface area contributed by atoms with Crippen LogP contribution in [-0.4, -0.2) is 47.6 Å². The normalized spacial score (nSPS) is 24.3. The van der Waals surface area contributed by atoms with Crippen LogP contribution in [0.25, 0.3) is 20.8 Å². The number of aryl methyl sites for hydroxylation is 1. The lowest BCUT2D eigenvalue weighted by Crippen LogP contribution is -3.18. The number of likely N-dealkylation sites (tertiary alicyclic amines) is 1. The van der Waals surface area contributed by atoms with Gasteiger partial charge in [-0.3, -0.25) is 9.59 Å². The Kier molecular flexibility index (Phi) is 5.33. The first-order valence-corrected chi connectivity index (χ1v) is 11.6. The van der Waals surface area contributed by atoms with E-state index in [4.69, 9.17) is 4.98 Å². The number of aliphatic hydroxyl groups excluding tert-OH is 1. The summed E-state index contributed by atoms with van der Waals surface area (Å²) < 4.78 is 1.15. The molecule has 2 aromatic carbocycles. The van der Waals surface area contributed by atoms with E-state index in [0.717, 1.165) is 51.6 Å². The maximum Gasteiger partial charge on any atom is 0.292 e. The highest BCUT2D eigenvalue weighted by molar-refractivity contribution is 7.21. The number of nitrogens with one attached hydrogen (secondary N) is 1. The van der Waals surface area contributed by atoms with Crippen molar-refractivity contribution >= 4 is 39.1 Å². The molecule has 2 fully saturated rings. The highest BCUT2D eigenvalue weighted by Crippen LogP contribution is 2.32. The van der Waals surface area contributed by atoms with E-state index in [1.165, 1.54) is 10.5 Å². The van der Waals surface area contributed by atoms with Crippen molar-refractivity contribution in [1.82, 2.24) is 4.98 Å². The molecule has 31 heavy (non-hydrogen) atoms. The lowest BCUT2D eigenvalue weighted by atomic mass is 9.97. The number of piperidine rings is 1. The van der Waals surface area contributed by atoms with Gasteiger partial charge in [-0.1, -0.05) is 6.07 Å². The molecule has 1 aromatic heterocycles. The molecular weight excluding hydrogens is 410 g/mol. The molecule has 2 aliphatic heterocycles. The highest BCUT2D eigenvalue weighted by atomic mass is 32.1. The third-order valence-electron chi connectivity index (χ3n) is 6.48. The van der Waals surface area contributed by atoms with Crippen LogP contribution in [0.2, 0.25) is 0 Å². The molecule has 0 saturated carbocycles. The summed E-state index contributed by atoms with van der Waals surface area (Å²) in [4.78, 5) is 33.0. The fourth-order valence-electron chi connectivity index (χ4n) is 4.80. The van der Waals surface area contributed by atoms with Crippen molar-refractivity contribution in [1.29, 1.82) is 0 Å². The van der Waals surface area contributed by atoms with E-state index < -0.39 is 0 Å². The van der Waals surface area contributed by atoms with E-state index in [2.05, 4.69) is 19.1 Å². The molecule has 3 atom stereocenters. The third-order valence-corrected chi connectivity index (χ3v) is 7.54. The number of aromatic nitrogens is 1. The van der Waals surface area contributed by atoms with Gasteiger partial charge in [0.15, 0.2) is 6.04 Å². The molecule has 1 unspecified atom stereocenters. The summed E-state index contributed by atoms with van der Waals surface area (Å²) in [7, 11) is 0. The molecule has 0 radical (unpaired) electrons. The number of rotatable bonds is 4. The second-order valence-electron chi connectivity index (χ2n) is 8.66. The number of fused-ring (bicyclic) bond motifs is 1. The number of anilines is 1. The number of thiazole rings is 1. The number of hydrogen-bond donors (Lipinski definition) is 2. The summed E-state index contributed by atoms with van der Waals surface area (Å²) >= 11 is 1.64. The Bertz CT molecular complexity index is 1140. The van der Waals surface area contributed by atoms with Gasteiger partial charge in [-0.25, -0.2) is 9.88 Å². The van der Waals surface area contributed by atoms with Gasteiger partial charge in [-0.05, 0) is 61.7 Å². The van der Waals surface area contributed by atoms with E-state index in [1.54, 1.807) is 11.3 Å². The molecular formula is C24H26N3O3S+. The van der Waals surface area contributed by atoms with Gasteiger partial charge in [0, 0.05) is 11.5 Å². The van der Waals surface area contributed by atoms with Crippen LogP contribution in [0.1, 0.15) is 24.8 Å². The Morgan fingerprint density at radius 1 is 1.19 bits per heavy atom. The summed E-state index contributed by atoms with van der Waals surface area (Å²) in [6.45, 7) is 3.85. The molecule has 2 amide bonds. The largest absolute Gasteiger partial charge is 0.396 e. The van der Waals surface area contributed by atoms with Gasteiger partial charge in [0.05, 0.1) is 42.0 Å². The molecule has 2 N–H and O–H groups in total. The average Bonchev–Trinajstić information content (AvgIpc) is 3.34. The minimum Gasteiger partial charge on any atom is -0.396 e. The van der Waals surface area contributed by atoms with Crippen molar-refractivity contribution in [2.45, 2.75) is 32.2 Å². The van der Waals surface area contributed by atoms with Crippen molar-refractivity contribution in [2.75, 3.05) is 24.6 Å². The van der Waals surface area contributed by atoms with Crippen LogP contribution in [0.5, 0.6) is 0 Å². The lowest BCUT2D eigenvalue weighted by molar-refractivity contribution is -0.923. The van der Waals surface area contributed by atoms with E-state index in [-0.39, 0.29) is 36.8 Å². The maximum absolute atomic E-state index is 13.1. The smallest absolute Gasteiger partial charge is 0.292 e. The number of amides is 2. The minimum absolute atomic E-state index is 0.123. The van der Waals surface area contributed by atoms with Crippen molar-refractivity contribution in [3.8, 4) is 10.6 Å². The molecule has 5 rings (SSSR count). The van der Waals surface area contributed by atoms with E-state index in [9.17, 15) is 14.7 Å². The van der Waals surface area contributed by atoms with Crippen LogP contribution in [0.4, 0.5) is 5.69 Å². The van der Waals surface area contributed by atoms with Gasteiger partial charge in [0.2, 0.25) is 5.91 Å². The zero-order valence-corrected chi connectivity index (χ0v) is 18.3. The molecule has 3 aromatic rings. The fourth-order valence-corrected chi connectivity index (χ4v) is 5.86. The van der Waals surface area contributed by atoms with Crippen LogP contribution >= 0.6 is 11.3 Å². The maximum atomic E-state index is 13.1. The van der Waals surface area contributed by atoms with Crippen molar-refractivity contribution in [3.05, 3.63) is 48.0 Å². The molecule has 0 aliphatic carbocycles. The van der Waals surface area contributed by atoms with Gasteiger partial charge in [0.25, 0.3) is 5.91 Å². The van der Waals surface area contributed by atoms with Gasteiger partial charge >= 0.3 is 0 Å². The van der Waals surface area contributed by atoms with Gasteiger partial charge in [-0.15, -0.1) is 11.3 Å². The van der Waals surface area contributed by atoms with Crippen LogP contribution in [0.15, 0.2) is 42.5 Å². The van der Waals surface area contributed by atoms with Gasteiger partial charge in [0.1, 0.15) is 5.01 Å². The van der Waals surface area contributed by atoms with E-state index in [1.807, 2.05) is 30.3 Å². The number of carbonyl (C=O) groups is 2. The van der Waals surface area contributed by atoms with Crippen molar-refractivity contribution in [2.24, 2.45) is 5.92 Å². The first-order valence-electron chi connectivity index (χ1n) is 10.8. The highest BCUT2D eigenvalue weighted by Gasteiger charge is 2.46. The molecule has 0 spiro atoms. The molecule has 3 heterocycles. The monoisotopic (exact) mass is 436 g/mol. The first kappa shape index (κ1) is 20.3. The third kappa shape index (κ3) is 3.78. The molecule has 0 bridgehead atoms. The number of carbonyl (C=O) groups excluding carboxylic acids is 2. The summed E-state index contributed by atoms with van der Waals surface area (Å²) in [6, 6.07) is 13.4. The van der Waals surface area contributed by atoms with Gasteiger partial charge < -0.3 is 10.0 Å². The standard InChI is InChI=1S/C24H25N3O3S/c1-15-4-9-19-21(11-15)31-23(25-19)17-5-7-18(8-6-17)27-22(29)12-20(24(27)30)26-10-2-3-16(13-26)14-28/h4-9,11,16,20,28H,2-3,10,12-14H2,1H3/p+1/t16-,20+/m0/s1. The average molecular weight is 437 g/mol. The fraction of sp³-hybridized carbons (Fsp3) is 0.375. The van der Waals surface area contributed by atoms with Gasteiger partial charge in [-0.2, -0.15) is 0 Å². The number of aliphatic hydroxyl groups is 1. The van der Waals surface area contributed by atoms with Crippen molar-refractivity contribution < 1.29 is 19.6 Å². The molecule has 2 aliphatic rings. The summed E-state index contributed by atoms with van der Waals surface area (Å²) in [5.41, 5.74) is 3.78. The summed E-state index contributed by atoms with van der Waals surface area (Å²) in [6.07, 6.45) is 2.21. The Labute approximate surface area is 185 Å². The number of nitrogens with zero attached hydrogens (tertiary/aromatic N) is 2. The predicted molar refractivity (Wildman–Crippen MR) is 121 cm³/mol. The molecule has 160 valence electrons. The van der Waals surface area contributed by atoms with Crippen LogP contribution in [0, 0.1) is 12.8 Å². The van der Waals surface area contributed by atoms with Crippen LogP contribution in [-0.2, 0) is 9.59 Å². The van der Waals surface area contributed by atoms with Crippen LogP contribution < -0.4 is 9.80 Å². The quantitative estimate of drug-likeness (QED) is 0.615. The Hall–Kier alpha value is -2.61. The molecule has 6 nitrogen and oxygen atoms in total. The van der Waals surface area contributed by atoms with Crippen molar-refractivity contribution in [3.63, 3.8) is 0 Å². The second kappa shape index (κ2) is 8.15. The van der Waals surface area contributed by atoms with E-state index >= 15 is 0 Å².